The second-order valence-electron chi connectivity index (χ2n) is 5.43. The molecule has 0 amide bonds. The first-order valence-corrected chi connectivity index (χ1v) is 6.12. The van der Waals surface area contributed by atoms with Gasteiger partial charge in [0.1, 0.15) is 11.4 Å². The number of nitrogens with two attached hydrogens (primary N) is 1. The van der Waals surface area contributed by atoms with E-state index in [1.54, 1.807) is 32.9 Å². The van der Waals surface area contributed by atoms with Gasteiger partial charge in [-0.2, -0.15) is 0 Å². The van der Waals surface area contributed by atoms with Crippen molar-refractivity contribution in [3.8, 4) is 5.75 Å². The third-order valence-electron chi connectivity index (χ3n) is 2.58. The number of rotatable bonds is 4. The SMILES string of the molecule is CC(C)(C)OC(=O)[C@@H](C(=O)O)C(N)c1ccccc1O. The second-order valence-corrected chi connectivity index (χ2v) is 5.43. The molecule has 1 unspecified atom stereocenters. The Morgan fingerprint density at radius 3 is 2.25 bits per heavy atom. The fraction of sp³-hybridized carbons (Fsp3) is 0.429. The van der Waals surface area contributed by atoms with E-state index in [1.165, 1.54) is 12.1 Å². The molecule has 6 heteroatoms. The number of para-hydroxylation sites is 1. The van der Waals surface area contributed by atoms with E-state index in [-0.39, 0.29) is 11.3 Å². The zero-order valence-corrected chi connectivity index (χ0v) is 11.7. The lowest BCUT2D eigenvalue weighted by Crippen LogP contribution is -2.39. The quantitative estimate of drug-likeness (QED) is 0.569. The Morgan fingerprint density at radius 2 is 1.80 bits per heavy atom. The van der Waals surface area contributed by atoms with Crippen LogP contribution < -0.4 is 5.73 Å². The highest BCUT2D eigenvalue weighted by Gasteiger charge is 2.38. The Hall–Kier alpha value is -2.08. The molecule has 0 aliphatic carbocycles. The molecule has 1 aromatic rings. The van der Waals surface area contributed by atoms with Crippen molar-refractivity contribution in [2.75, 3.05) is 0 Å². The van der Waals surface area contributed by atoms with Crippen LogP contribution in [0.2, 0.25) is 0 Å². The summed E-state index contributed by atoms with van der Waals surface area (Å²) < 4.78 is 5.06. The Balaban J connectivity index is 3.06. The van der Waals surface area contributed by atoms with E-state index in [1.807, 2.05) is 0 Å². The molecule has 0 heterocycles. The predicted octanol–water partition coefficient (Wildman–Crippen LogP) is 1.43. The van der Waals surface area contributed by atoms with Gasteiger partial charge in [0.05, 0.1) is 6.04 Å². The maximum atomic E-state index is 12.0. The minimum absolute atomic E-state index is 0.158. The van der Waals surface area contributed by atoms with E-state index in [4.69, 9.17) is 10.5 Å². The van der Waals surface area contributed by atoms with Crippen LogP contribution in [-0.2, 0) is 14.3 Å². The molecule has 6 nitrogen and oxygen atoms in total. The molecule has 4 N–H and O–H groups in total. The van der Waals surface area contributed by atoms with Gasteiger partial charge < -0.3 is 20.7 Å². The van der Waals surface area contributed by atoms with Crippen molar-refractivity contribution in [2.24, 2.45) is 11.7 Å². The van der Waals surface area contributed by atoms with Crippen molar-refractivity contribution in [3.05, 3.63) is 29.8 Å². The molecule has 0 spiro atoms. The molecule has 0 fully saturated rings. The third kappa shape index (κ3) is 3.96. The number of carbonyl (C=O) groups excluding carboxylic acids is 1. The maximum absolute atomic E-state index is 12.0. The van der Waals surface area contributed by atoms with Gasteiger partial charge in [-0.05, 0) is 26.8 Å². The predicted molar refractivity (Wildman–Crippen MR) is 72.0 cm³/mol. The van der Waals surface area contributed by atoms with Crippen LogP contribution in [0.15, 0.2) is 24.3 Å². The molecule has 1 rings (SSSR count). The number of ether oxygens (including phenoxy) is 1. The van der Waals surface area contributed by atoms with Crippen LogP contribution in [0.4, 0.5) is 0 Å². The lowest BCUT2D eigenvalue weighted by molar-refractivity contribution is -0.167. The van der Waals surface area contributed by atoms with E-state index < -0.39 is 29.5 Å². The van der Waals surface area contributed by atoms with Gasteiger partial charge in [-0.25, -0.2) is 0 Å². The van der Waals surface area contributed by atoms with Gasteiger partial charge in [-0.15, -0.1) is 0 Å². The first kappa shape index (κ1) is 16.0. The molecule has 0 bridgehead atoms. The minimum atomic E-state index is -1.58. The molecule has 20 heavy (non-hydrogen) atoms. The topological polar surface area (TPSA) is 110 Å². The largest absolute Gasteiger partial charge is 0.508 e. The van der Waals surface area contributed by atoms with Crippen LogP contribution in [0.25, 0.3) is 0 Å². The number of phenolic OH excluding ortho intramolecular Hbond substituents is 1. The average Bonchev–Trinajstić information content (AvgIpc) is 2.26. The number of hydrogen-bond acceptors (Lipinski definition) is 5. The molecule has 0 saturated carbocycles. The van der Waals surface area contributed by atoms with E-state index in [9.17, 15) is 19.8 Å². The Morgan fingerprint density at radius 1 is 1.25 bits per heavy atom. The third-order valence-corrected chi connectivity index (χ3v) is 2.58. The van der Waals surface area contributed by atoms with Crippen molar-refractivity contribution >= 4 is 11.9 Å². The first-order chi connectivity index (χ1) is 9.13. The van der Waals surface area contributed by atoms with E-state index in [0.29, 0.717) is 0 Å². The molecule has 0 aliphatic heterocycles. The molecule has 110 valence electrons. The first-order valence-electron chi connectivity index (χ1n) is 6.12. The normalized spacial score (nSPS) is 14.4. The number of benzene rings is 1. The highest BCUT2D eigenvalue weighted by atomic mass is 16.6. The molecule has 0 saturated heterocycles. The van der Waals surface area contributed by atoms with Crippen molar-refractivity contribution in [1.82, 2.24) is 0 Å². The van der Waals surface area contributed by atoms with Gasteiger partial charge in [0.25, 0.3) is 0 Å². The Bertz CT molecular complexity index is 507. The van der Waals surface area contributed by atoms with Gasteiger partial charge >= 0.3 is 11.9 Å². The van der Waals surface area contributed by atoms with E-state index >= 15 is 0 Å². The molecule has 0 aliphatic rings. The monoisotopic (exact) mass is 281 g/mol. The molecule has 0 radical (unpaired) electrons. The summed E-state index contributed by atoms with van der Waals surface area (Å²) >= 11 is 0. The summed E-state index contributed by atoms with van der Waals surface area (Å²) in [6, 6.07) is 4.84. The van der Waals surface area contributed by atoms with Crippen LogP contribution in [0.5, 0.6) is 5.75 Å². The minimum Gasteiger partial charge on any atom is -0.508 e. The summed E-state index contributed by atoms with van der Waals surface area (Å²) in [6.45, 7) is 4.90. The lowest BCUT2D eigenvalue weighted by atomic mass is 9.93. The summed E-state index contributed by atoms with van der Waals surface area (Å²) in [5.74, 6) is -4.06. The molecular formula is C14H19NO5. The molecule has 2 atom stereocenters. The summed E-state index contributed by atoms with van der Waals surface area (Å²) in [4.78, 5) is 23.3. The van der Waals surface area contributed by atoms with Gasteiger partial charge in [0.2, 0.25) is 0 Å². The van der Waals surface area contributed by atoms with Crippen LogP contribution in [0, 0.1) is 5.92 Å². The number of esters is 1. The standard InChI is InChI=1S/C14H19NO5/c1-14(2,3)20-13(19)10(12(17)18)11(15)8-6-4-5-7-9(8)16/h4-7,10-11,16H,15H2,1-3H3,(H,17,18)/t10-,11?/m1/s1. The lowest BCUT2D eigenvalue weighted by Gasteiger charge is -2.25. The fourth-order valence-electron chi connectivity index (χ4n) is 1.72. The van der Waals surface area contributed by atoms with E-state index in [0.717, 1.165) is 0 Å². The Kier molecular flexibility index (Phi) is 4.73. The van der Waals surface area contributed by atoms with Crippen LogP contribution in [0.3, 0.4) is 0 Å². The maximum Gasteiger partial charge on any atom is 0.322 e. The number of hydrogen-bond donors (Lipinski definition) is 3. The number of aliphatic carboxylic acids is 1. The average molecular weight is 281 g/mol. The summed E-state index contributed by atoms with van der Waals surface area (Å²) in [5, 5.41) is 18.9. The van der Waals surface area contributed by atoms with Crippen LogP contribution >= 0.6 is 0 Å². The van der Waals surface area contributed by atoms with Gasteiger partial charge in [-0.1, -0.05) is 18.2 Å². The Labute approximate surface area is 117 Å². The van der Waals surface area contributed by atoms with Crippen LogP contribution in [0.1, 0.15) is 32.4 Å². The number of carboxylic acid groups (broad SMARTS) is 1. The van der Waals surface area contributed by atoms with Crippen molar-refractivity contribution in [1.29, 1.82) is 0 Å². The summed E-state index contributed by atoms with van der Waals surface area (Å²) in [7, 11) is 0. The fourth-order valence-corrected chi connectivity index (χ4v) is 1.72. The second kappa shape index (κ2) is 5.92. The van der Waals surface area contributed by atoms with E-state index in [2.05, 4.69) is 0 Å². The highest BCUT2D eigenvalue weighted by Crippen LogP contribution is 2.29. The number of phenols is 1. The van der Waals surface area contributed by atoms with Crippen molar-refractivity contribution in [3.63, 3.8) is 0 Å². The number of aromatic hydroxyl groups is 1. The smallest absolute Gasteiger partial charge is 0.322 e. The molecule has 1 aromatic carbocycles. The molecule has 0 aromatic heterocycles. The van der Waals surface area contributed by atoms with Crippen LogP contribution in [-0.4, -0.2) is 27.8 Å². The molecular weight excluding hydrogens is 262 g/mol. The summed E-state index contributed by atoms with van der Waals surface area (Å²) in [6.07, 6.45) is 0. The summed E-state index contributed by atoms with van der Waals surface area (Å²) in [5.41, 5.74) is 5.19. The number of carbonyl (C=O) groups is 2. The van der Waals surface area contributed by atoms with Gasteiger partial charge in [-0.3, -0.25) is 9.59 Å². The zero-order chi connectivity index (χ0) is 15.5. The van der Waals surface area contributed by atoms with Crippen molar-refractivity contribution < 1.29 is 24.5 Å². The zero-order valence-electron chi connectivity index (χ0n) is 11.7. The van der Waals surface area contributed by atoms with Crippen molar-refractivity contribution in [2.45, 2.75) is 32.4 Å². The highest BCUT2D eigenvalue weighted by molar-refractivity contribution is 5.95. The number of carboxylic acids is 1. The van der Waals surface area contributed by atoms with Gasteiger partial charge in [0.15, 0.2) is 5.92 Å². The van der Waals surface area contributed by atoms with Gasteiger partial charge in [0, 0.05) is 5.56 Å².